The van der Waals surface area contributed by atoms with Gasteiger partial charge in [0.1, 0.15) is 23.4 Å². The minimum atomic E-state index is -1.30. The first-order valence-electron chi connectivity index (χ1n) is 16.4. The van der Waals surface area contributed by atoms with Gasteiger partial charge in [-0.1, -0.05) is 6.07 Å². The Balaban J connectivity index is 1.33. The Morgan fingerprint density at radius 1 is 1.15 bits per heavy atom. The summed E-state index contributed by atoms with van der Waals surface area (Å²) >= 11 is 0. The quantitative estimate of drug-likeness (QED) is 0.235. The average molecular weight is 646 g/mol. The fraction of sp³-hybridized carbons (Fsp3) is 0.697. The molecule has 3 amide bonds. The number of piperidine rings is 1. The minimum absolute atomic E-state index is 0.177. The molecule has 1 unspecified atom stereocenters. The number of benzene rings is 1. The number of carboxylic acid groups (broad SMARTS) is 1. The lowest BCUT2D eigenvalue weighted by molar-refractivity contribution is -0.142. The van der Waals surface area contributed by atoms with Crippen molar-refractivity contribution in [2.24, 2.45) is 11.7 Å². The van der Waals surface area contributed by atoms with Gasteiger partial charge < -0.3 is 40.6 Å². The number of carbonyl (C=O) groups excluding carboxylic acids is 3. The number of aryl methyl sites for hydroxylation is 1. The van der Waals surface area contributed by atoms with Crippen molar-refractivity contribution in [3.8, 4) is 5.75 Å². The summed E-state index contributed by atoms with van der Waals surface area (Å²) in [4.78, 5) is 55.6. The zero-order valence-electron chi connectivity index (χ0n) is 27.6. The summed E-state index contributed by atoms with van der Waals surface area (Å²) in [6, 6.07) is 3.65. The number of nitrogens with one attached hydrogen (secondary N) is 2. The van der Waals surface area contributed by atoms with Gasteiger partial charge in [0.25, 0.3) is 0 Å². The smallest absolute Gasteiger partial charge is 0.408 e. The van der Waals surface area contributed by atoms with Gasteiger partial charge in [-0.3, -0.25) is 14.5 Å². The van der Waals surface area contributed by atoms with E-state index in [0.29, 0.717) is 39.4 Å². The van der Waals surface area contributed by atoms with E-state index in [1.807, 2.05) is 25.1 Å². The average Bonchev–Trinajstić information content (AvgIpc) is 3.62. The van der Waals surface area contributed by atoms with Crippen LogP contribution in [-0.4, -0.2) is 108 Å². The zero-order chi connectivity index (χ0) is 33.4. The molecule has 13 nitrogen and oxygen atoms in total. The van der Waals surface area contributed by atoms with Gasteiger partial charge in [0, 0.05) is 38.8 Å². The largest absolute Gasteiger partial charge is 0.494 e. The lowest BCUT2D eigenvalue weighted by Crippen LogP contribution is -2.55. The van der Waals surface area contributed by atoms with Gasteiger partial charge >= 0.3 is 12.1 Å². The molecule has 0 spiro atoms. The first-order chi connectivity index (χ1) is 21.8. The summed E-state index contributed by atoms with van der Waals surface area (Å²) in [5, 5.41) is 15.0. The molecule has 4 rings (SSSR count). The number of aliphatic carboxylic acids is 1. The van der Waals surface area contributed by atoms with Crippen molar-refractivity contribution >= 4 is 23.9 Å². The number of nitrogens with zero attached hydrogens (tertiary/aromatic N) is 2. The van der Waals surface area contributed by atoms with E-state index in [4.69, 9.17) is 19.9 Å². The van der Waals surface area contributed by atoms with Crippen molar-refractivity contribution < 1.29 is 38.5 Å². The maximum Gasteiger partial charge on any atom is 0.408 e. The highest BCUT2D eigenvalue weighted by atomic mass is 16.6. The number of fused-ring (bicyclic) bond motifs is 2. The van der Waals surface area contributed by atoms with E-state index in [1.165, 1.54) is 0 Å². The maximum atomic E-state index is 13.5. The van der Waals surface area contributed by atoms with E-state index in [0.717, 1.165) is 49.1 Å². The monoisotopic (exact) mass is 645 g/mol. The Bertz CT molecular complexity index is 1240. The number of carbonyl (C=O) groups is 4. The minimum Gasteiger partial charge on any atom is -0.494 e. The van der Waals surface area contributed by atoms with E-state index in [9.17, 15) is 24.3 Å². The number of hydrogen-bond donors (Lipinski definition) is 4. The number of ether oxygens (including phenoxy) is 3. The lowest BCUT2D eigenvalue weighted by Gasteiger charge is -2.34. The third kappa shape index (κ3) is 10.3. The molecule has 3 heterocycles. The highest BCUT2D eigenvalue weighted by Gasteiger charge is 2.39. The number of hydrogen-bond acceptors (Lipinski definition) is 9. The Morgan fingerprint density at radius 3 is 2.59 bits per heavy atom. The SMILES string of the molecule is Cc1ccc(OCCC2CCCN(C(=O)C[C@H](NC(=O)OC(C)(C)C)C(=O)N[C@@H](CCN3C[C@@H]4C[C@H]3CO4)C(=O)O)C2)cc1CN. The maximum absolute atomic E-state index is 13.5. The van der Waals surface area contributed by atoms with Gasteiger partial charge in [0.15, 0.2) is 0 Å². The number of rotatable bonds is 14. The predicted molar refractivity (Wildman–Crippen MR) is 170 cm³/mol. The number of alkyl carbamates (subject to hydrolysis) is 1. The van der Waals surface area contributed by atoms with Crippen LogP contribution in [0, 0.1) is 12.8 Å². The van der Waals surface area contributed by atoms with E-state index >= 15 is 0 Å². The van der Waals surface area contributed by atoms with Crippen LogP contribution in [0.25, 0.3) is 0 Å². The Labute approximate surface area is 271 Å². The van der Waals surface area contributed by atoms with Gasteiger partial charge in [0.2, 0.25) is 11.8 Å². The second-order valence-corrected chi connectivity index (χ2v) is 13.7. The van der Waals surface area contributed by atoms with Crippen molar-refractivity contribution in [2.75, 3.05) is 39.4 Å². The fourth-order valence-corrected chi connectivity index (χ4v) is 6.37. The second-order valence-electron chi connectivity index (χ2n) is 13.7. The number of likely N-dealkylation sites (tertiary alicyclic amines) is 2. The lowest BCUT2D eigenvalue weighted by atomic mass is 9.94. The van der Waals surface area contributed by atoms with Crippen LogP contribution in [0.2, 0.25) is 0 Å². The molecule has 0 radical (unpaired) electrons. The van der Waals surface area contributed by atoms with Crippen molar-refractivity contribution in [3.05, 3.63) is 29.3 Å². The summed E-state index contributed by atoms with van der Waals surface area (Å²) in [6.45, 7) is 10.9. The summed E-state index contributed by atoms with van der Waals surface area (Å²) < 4.78 is 16.9. The van der Waals surface area contributed by atoms with Gasteiger partial charge in [0.05, 0.1) is 25.7 Å². The van der Waals surface area contributed by atoms with Crippen molar-refractivity contribution in [3.63, 3.8) is 0 Å². The molecule has 13 heteroatoms. The molecule has 3 saturated heterocycles. The summed E-state index contributed by atoms with van der Waals surface area (Å²) in [5.41, 5.74) is 7.14. The Hall–Kier alpha value is -3.42. The van der Waals surface area contributed by atoms with Crippen LogP contribution in [0.1, 0.15) is 70.4 Å². The summed E-state index contributed by atoms with van der Waals surface area (Å²) in [7, 11) is 0. The number of morpholine rings is 1. The van der Waals surface area contributed by atoms with Crippen LogP contribution in [0.15, 0.2) is 18.2 Å². The zero-order valence-corrected chi connectivity index (χ0v) is 27.6. The van der Waals surface area contributed by atoms with Crippen LogP contribution in [-0.2, 0) is 30.4 Å². The topological polar surface area (TPSA) is 173 Å². The highest BCUT2D eigenvalue weighted by Crippen LogP contribution is 2.28. The van der Waals surface area contributed by atoms with Crippen molar-refractivity contribution in [1.29, 1.82) is 0 Å². The van der Waals surface area contributed by atoms with Crippen molar-refractivity contribution in [1.82, 2.24) is 20.4 Å². The Morgan fingerprint density at radius 2 is 1.93 bits per heavy atom. The molecule has 256 valence electrons. The molecule has 46 heavy (non-hydrogen) atoms. The molecule has 2 bridgehead atoms. The molecule has 1 aromatic rings. The van der Waals surface area contributed by atoms with Crippen molar-refractivity contribution in [2.45, 2.75) is 103 Å². The Kier molecular flexibility index (Phi) is 12.3. The molecule has 5 atom stereocenters. The van der Waals surface area contributed by atoms with E-state index in [-0.39, 0.29) is 36.8 Å². The second kappa shape index (κ2) is 15.9. The molecule has 3 fully saturated rings. The molecule has 1 aromatic carbocycles. The highest BCUT2D eigenvalue weighted by molar-refractivity contribution is 5.93. The van der Waals surface area contributed by atoms with Crippen LogP contribution < -0.4 is 21.1 Å². The third-order valence-corrected chi connectivity index (χ3v) is 8.93. The van der Waals surface area contributed by atoms with Crippen LogP contribution in [0.4, 0.5) is 4.79 Å². The number of nitrogens with two attached hydrogens (primary N) is 1. The van der Waals surface area contributed by atoms with Gasteiger partial charge in [-0.25, -0.2) is 9.59 Å². The molecule has 0 aliphatic carbocycles. The number of amides is 3. The predicted octanol–water partition coefficient (Wildman–Crippen LogP) is 2.18. The van der Waals surface area contributed by atoms with E-state index in [1.54, 1.807) is 25.7 Å². The van der Waals surface area contributed by atoms with E-state index < -0.39 is 35.7 Å². The summed E-state index contributed by atoms with van der Waals surface area (Å²) in [5.74, 6) is -1.24. The van der Waals surface area contributed by atoms with E-state index in [2.05, 4.69) is 15.5 Å². The van der Waals surface area contributed by atoms with Gasteiger partial charge in [-0.15, -0.1) is 0 Å². The first kappa shape index (κ1) is 35.4. The standard InChI is InChI=1S/C33H51N5O8/c1-21-7-8-25(14-23(21)17-34)44-13-10-22-6-5-11-38(18-22)29(39)16-28(36-32(43)46-33(2,3)4)30(40)35-27(31(41)42)9-12-37-19-26-15-24(37)20-45-26/h7-8,14,22,24,26-28H,5-6,9-13,15-20,34H2,1-4H3,(H,35,40)(H,36,43)(H,41,42)/t22?,24-,26-,27-,28-/m0/s1. The molecule has 0 saturated carbocycles. The molecule has 5 N–H and O–H groups in total. The van der Waals surface area contributed by atoms with Crippen LogP contribution in [0.3, 0.4) is 0 Å². The third-order valence-electron chi connectivity index (χ3n) is 8.93. The number of carboxylic acids is 1. The molecular formula is C33H51N5O8. The normalized spacial score (nSPS) is 22.6. The fourth-order valence-electron chi connectivity index (χ4n) is 6.37. The van der Waals surface area contributed by atoms with Crippen LogP contribution >= 0.6 is 0 Å². The van der Waals surface area contributed by atoms with Gasteiger partial charge in [-0.05, 0) is 89.0 Å². The van der Waals surface area contributed by atoms with Crippen LogP contribution in [0.5, 0.6) is 5.75 Å². The summed E-state index contributed by atoms with van der Waals surface area (Å²) in [6.07, 6.45) is 2.61. The molecule has 3 aliphatic rings. The first-order valence-corrected chi connectivity index (χ1v) is 16.4. The van der Waals surface area contributed by atoms with Gasteiger partial charge in [-0.2, -0.15) is 0 Å². The molecular weight excluding hydrogens is 594 g/mol. The molecule has 0 aromatic heterocycles. The molecule has 3 aliphatic heterocycles.